The second-order valence-electron chi connectivity index (χ2n) is 7.08. The average molecular weight is 388 g/mol. The van der Waals surface area contributed by atoms with Crippen LogP contribution in [0.2, 0.25) is 0 Å². The molecule has 1 aromatic heterocycles. The lowest BCUT2D eigenvalue weighted by atomic mass is 10.1. The van der Waals surface area contributed by atoms with Crippen LogP contribution in [0.1, 0.15) is 32.0 Å². The zero-order chi connectivity index (χ0) is 21.0. The third kappa shape index (κ3) is 4.99. The van der Waals surface area contributed by atoms with Gasteiger partial charge in [0, 0.05) is 42.9 Å². The summed E-state index contributed by atoms with van der Waals surface area (Å²) in [6.07, 6.45) is 1.46. The quantitative estimate of drug-likeness (QED) is 0.685. The second-order valence-corrected chi connectivity index (χ2v) is 7.08. The van der Waals surface area contributed by atoms with Crippen LogP contribution in [0.3, 0.4) is 0 Å². The second kappa shape index (κ2) is 8.56. The van der Waals surface area contributed by atoms with E-state index in [2.05, 4.69) is 15.6 Å². The molecule has 0 atom stereocenters. The van der Waals surface area contributed by atoms with Crippen LogP contribution in [0, 0.1) is 13.8 Å². The highest BCUT2D eigenvalue weighted by Gasteiger charge is 2.13. The predicted octanol–water partition coefficient (Wildman–Crippen LogP) is 4.27. The van der Waals surface area contributed by atoms with Crippen LogP contribution in [0.15, 0.2) is 60.8 Å². The van der Waals surface area contributed by atoms with E-state index in [1.54, 1.807) is 6.07 Å². The van der Waals surface area contributed by atoms with E-state index in [4.69, 9.17) is 0 Å². The number of nitrogens with one attached hydrogen (secondary N) is 2. The number of carbonyl (C=O) groups is 2. The Morgan fingerprint density at radius 1 is 0.793 bits per heavy atom. The zero-order valence-electron chi connectivity index (χ0n) is 17.0. The summed E-state index contributed by atoms with van der Waals surface area (Å²) in [4.78, 5) is 31.2. The number of pyridine rings is 1. The first-order chi connectivity index (χ1) is 13.8. The van der Waals surface area contributed by atoms with E-state index in [0.29, 0.717) is 16.9 Å². The van der Waals surface area contributed by atoms with Crippen molar-refractivity contribution < 1.29 is 9.59 Å². The monoisotopic (exact) mass is 388 g/mol. The Morgan fingerprint density at radius 2 is 1.45 bits per heavy atom. The van der Waals surface area contributed by atoms with Gasteiger partial charge in [-0.15, -0.1) is 0 Å². The largest absolute Gasteiger partial charge is 0.378 e. The van der Waals surface area contributed by atoms with E-state index in [1.165, 1.54) is 12.3 Å². The molecular weight excluding hydrogens is 364 g/mol. The fourth-order valence-electron chi connectivity index (χ4n) is 2.76. The first-order valence-electron chi connectivity index (χ1n) is 9.27. The molecule has 0 saturated heterocycles. The van der Waals surface area contributed by atoms with Gasteiger partial charge in [0.05, 0.1) is 0 Å². The number of hydrogen-bond donors (Lipinski definition) is 2. The van der Waals surface area contributed by atoms with Gasteiger partial charge in [0.15, 0.2) is 0 Å². The van der Waals surface area contributed by atoms with Crippen LogP contribution < -0.4 is 15.5 Å². The molecule has 6 nitrogen and oxygen atoms in total. The summed E-state index contributed by atoms with van der Waals surface area (Å²) >= 11 is 0. The molecule has 0 spiro atoms. The highest BCUT2D eigenvalue weighted by Crippen LogP contribution is 2.17. The van der Waals surface area contributed by atoms with Crippen LogP contribution in [-0.2, 0) is 0 Å². The Labute approximate surface area is 170 Å². The molecule has 0 fully saturated rings. The van der Waals surface area contributed by atoms with Gasteiger partial charge in [-0.2, -0.15) is 0 Å². The van der Waals surface area contributed by atoms with Gasteiger partial charge in [0.25, 0.3) is 11.8 Å². The number of amides is 2. The molecule has 0 aliphatic carbocycles. The van der Waals surface area contributed by atoms with Gasteiger partial charge in [-0.3, -0.25) is 14.6 Å². The van der Waals surface area contributed by atoms with Crippen LogP contribution in [0.4, 0.5) is 17.1 Å². The van der Waals surface area contributed by atoms with Gasteiger partial charge in [0.1, 0.15) is 5.69 Å². The maximum Gasteiger partial charge on any atom is 0.274 e. The van der Waals surface area contributed by atoms with Crippen molar-refractivity contribution in [1.82, 2.24) is 4.98 Å². The number of rotatable bonds is 5. The molecule has 3 rings (SSSR count). The van der Waals surface area contributed by atoms with Gasteiger partial charge in [0.2, 0.25) is 0 Å². The van der Waals surface area contributed by atoms with Crippen molar-refractivity contribution in [1.29, 1.82) is 0 Å². The first kappa shape index (κ1) is 20.1. The lowest BCUT2D eigenvalue weighted by molar-refractivity contribution is 0.102. The molecular formula is C23H24N4O2. The van der Waals surface area contributed by atoms with Crippen LogP contribution in [0.25, 0.3) is 0 Å². The van der Waals surface area contributed by atoms with Crippen LogP contribution in [0.5, 0.6) is 0 Å². The Bertz CT molecular complexity index is 1040. The highest BCUT2D eigenvalue weighted by molar-refractivity contribution is 6.07. The fourth-order valence-corrected chi connectivity index (χ4v) is 2.76. The summed E-state index contributed by atoms with van der Waals surface area (Å²) < 4.78 is 0. The third-order valence-corrected chi connectivity index (χ3v) is 4.66. The minimum atomic E-state index is -0.363. The predicted molar refractivity (Wildman–Crippen MR) is 117 cm³/mol. The van der Waals surface area contributed by atoms with Crippen molar-refractivity contribution in [2.75, 3.05) is 29.6 Å². The van der Waals surface area contributed by atoms with E-state index in [1.807, 2.05) is 75.3 Å². The molecule has 2 N–H and O–H groups in total. The number of nitrogens with zero attached hydrogens (tertiary/aromatic N) is 2. The molecule has 6 heteroatoms. The SMILES string of the molecule is Cc1ccc(NC(=O)c2cc(C(=O)Nc3ccc(N(C)C)cc3)ccn2)cc1C. The number of anilines is 3. The van der Waals surface area contributed by atoms with E-state index in [0.717, 1.165) is 16.8 Å². The molecule has 0 saturated carbocycles. The molecule has 148 valence electrons. The van der Waals surface area contributed by atoms with Gasteiger partial charge >= 0.3 is 0 Å². The standard InChI is InChI=1S/C23H24N4O2/c1-15-5-6-19(13-16(15)2)26-23(29)21-14-17(11-12-24-21)22(28)25-18-7-9-20(10-8-18)27(3)4/h5-14H,1-4H3,(H,25,28)(H,26,29). The van der Waals surface area contributed by atoms with Crippen molar-refractivity contribution in [3.8, 4) is 0 Å². The number of aryl methyl sites for hydroxylation is 2. The molecule has 3 aromatic rings. The summed E-state index contributed by atoms with van der Waals surface area (Å²) in [6, 6.07) is 16.3. The normalized spacial score (nSPS) is 10.3. The van der Waals surface area contributed by atoms with Crippen molar-refractivity contribution in [2.45, 2.75) is 13.8 Å². The van der Waals surface area contributed by atoms with Crippen molar-refractivity contribution >= 4 is 28.9 Å². The molecule has 1 heterocycles. The number of aromatic nitrogens is 1. The highest BCUT2D eigenvalue weighted by atomic mass is 16.2. The third-order valence-electron chi connectivity index (χ3n) is 4.66. The summed E-state index contributed by atoms with van der Waals surface area (Å²) in [5, 5.41) is 5.66. The molecule has 2 amide bonds. The average Bonchev–Trinajstić information content (AvgIpc) is 2.71. The number of benzene rings is 2. The maximum absolute atomic E-state index is 12.6. The van der Waals surface area contributed by atoms with Crippen molar-refractivity contribution in [2.24, 2.45) is 0 Å². The van der Waals surface area contributed by atoms with Crippen molar-refractivity contribution in [3.63, 3.8) is 0 Å². The van der Waals surface area contributed by atoms with Gasteiger partial charge in [-0.1, -0.05) is 6.07 Å². The molecule has 0 unspecified atom stereocenters. The Hall–Kier alpha value is -3.67. The Morgan fingerprint density at radius 3 is 2.10 bits per heavy atom. The minimum Gasteiger partial charge on any atom is -0.378 e. The van der Waals surface area contributed by atoms with E-state index in [9.17, 15) is 9.59 Å². The molecule has 0 aliphatic heterocycles. The minimum absolute atomic E-state index is 0.179. The number of carbonyl (C=O) groups excluding carboxylic acids is 2. The molecule has 0 bridgehead atoms. The van der Waals surface area contributed by atoms with Gasteiger partial charge in [-0.25, -0.2) is 0 Å². The van der Waals surface area contributed by atoms with Crippen molar-refractivity contribution in [3.05, 3.63) is 83.2 Å². The summed E-state index contributed by atoms with van der Waals surface area (Å²) in [6.45, 7) is 4.00. The summed E-state index contributed by atoms with van der Waals surface area (Å²) in [5.74, 6) is -0.663. The molecule has 29 heavy (non-hydrogen) atoms. The lowest BCUT2D eigenvalue weighted by Gasteiger charge is -2.13. The molecule has 0 radical (unpaired) electrons. The smallest absolute Gasteiger partial charge is 0.274 e. The van der Waals surface area contributed by atoms with Crippen LogP contribution in [-0.4, -0.2) is 30.9 Å². The van der Waals surface area contributed by atoms with E-state index in [-0.39, 0.29) is 17.5 Å². The first-order valence-corrected chi connectivity index (χ1v) is 9.27. The summed E-state index contributed by atoms with van der Waals surface area (Å²) in [7, 11) is 3.91. The molecule has 0 aliphatic rings. The fraction of sp³-hybridized carbons (Fsp3) is 0.174. The zero-order valence-corrected chi connectivity index (χ0v) is 17.0. The topological polar surface area (TPSA) is 74.3 Å². The number of hydrogen-bond acceptors (Lipinski definition) is 4. The van der Waals surface area contributed by atoms with Gasteiger partial charge in [-0.05, 0) is 73.5 Å². The van der Waals surface area contributed by atoms with Crippen LogP contribution >= 0.6 is 0 Å². The Balaban J connectivity index is 1.71. The molecule has 2 aromatic carbocycles. The Kier molecular flexibility index (Phi) is 5.93. The van der Waals surface area contributed by atoms with E-state index < -0.39 is 0 Å². The van der Waals surface area contributed by atoms with E-state index >= 15 is 0 Å². The lowest BCUT2D eigenvalue weighted by Crippen LogP contribution is -2.17. The summed E-state index contributed by atoms with van der Waals surface area (Å²) in [5.41, 5.74) is 5.19. The maximum atomic E-state index is 12.6. The van der Waals surface area contributed by atoms with Gasteiger partial charge < -0.3 is 15.5 Å².